The van der Waals surface area contributed by atoms with E-state index in [2.05, 4.69) is 9.72 Å². The third kappa shape index (κ3) is 6.38. The summed E-state index contributed by atoms with van der Waals surface area (Å²) in [4.78, 5) is 35.4. The Hall–Kier alpha value is -4.08. The highest BCUT2D eigenvalue weighted by Gasteiger charge is 2.31. The Balaban J connectivity index is 1.80. The molecule has 2 aromatic carbocycles. The Bertz CT molecular complexity index is 1290. The van der Waals surface area contributed by atoms with E-state index in [-0.39, 0.29) is 12.2 Å². The van der Waals surface area contributed by atoms with Crippen molar-refractivity contribution in [2.24, 2.45) is 0 Å². The van der Waals surface area contributed by atoms with E-state index in [1.165, 1.54) is 17.0 Å². The normalized spacial score (nSPS) is 12.8. The smallest absolute Gasteiger partial charge is 0.420 e. The number of alkyl halides is 2. The molecule has 0 fully saturated rings. The zero-order chi connectivity index (χ0) is 26.7. The maximum absolute atomic E-state index is 13.5. The van der Waals surface area contributed by atoms with Crippen LogP contribution in [0.1, 0.15) is 44.0 Å². The van der Waals surface area contributed by atoms with Crippen molar-refractivity contribution >= 4 is 23.6 Å². The van der Waals surface area contributed by atoms with Gasteiger partial charge in [-0.1, -0.05) is 12.1 Å². The van der Waals surface area contributed by atoms with Crippen LogP contribution in [0.4, 0.5) is 25.1 Å². The first kappa shape index (κ1) is 26.0. The second kappa shape index (κ2) is 10.5. The van der Waals surface area contributed by atoms with Gasteiger partial charge in [0, 0.05) is 16.8 Å². The maximum Gasteiger partial charge on any atom is 0.420 e. The van der Waals surface area contributed by atoms with Gasteiger partial charge < -0.3 is 14.6 Å². The minimum atomic E-state index is -2.93. The van der Waals surface area contributed by atoms with Gasteiger partial charge >= 0.3 is 18.7 Å². The molecule has 3 aromatic rings. The second-order valence-corrected chi connectivity index (χ2v) is 9.61. The van der Waals surface area contributed by atoms with Crippen molar-refractivity contribution in [3.05, 3.63) is 65.4 Å². The largest absolute Gasteiger partial charge is 0.481 e. The van der Waals surface area contributed by atoms with Crippen molar-refractivity contribution in [3.8, 4) is 17.1 Å². The number of benzene rings is 2. The van der Waals surface area contributed by atoms with Crippen LogP contribution in [-0.4, -0.2) is 39.3 Å². The van der Waals surface area contributed by atoms with Crippen molar-refractivity contribution < 1.29 is 33.0 Å². The highest BCUT2D eigenvalue weighted by Crippen LogP contribution is 2.36. The lowest BCUT2D eigenvalue weighted by Crippen LogP contribution is -2.35. The maximum atomic E-state index is 13.5. The van der Waals surface area contributed by atoms with Gasteiger partial charge in [-0.25, -0.2) is 19.7 Å². The number of aliphatic carboxylic acids is 1. The average molecular weight is 512 g/mol. The lowest BCUT2D eigenvalue weighted by atomic mass is 10.1. The summed E-state index contributed by atoms with van der Waals surface area (Å²) in [6.45, 7) is 2.35. The number of amides is 1. The summed E-state index contributed by atoms with van der Waals surface area (Å²) in [7, 11) is 0. The molecule has 1 aliphatic rings. The van der Waals surface area contributed by atoms with Crippen molar-refractivity contribution in [2.45, 2.75) is 58.7 Å². The fourth-order valence-electron chi connectivity index (χ4n) is 4.07. The molecule has 4 rings (SSSR count). The molecule has 1 amide bonds. The lowest BCUT2D eigenvalue weighted by Gasteiger charge is -2.28. The van der Waals surface area contributed by atoms with Gasteiger partial charge in [-0.15, -0.1) is 0 Å². The van der Waals surface area contributed by atoms with Crippen LogP contribution in [-0.2, 0) is 28.8 Å². The van der Waals surface area contributed by atoms with Crippen molar-refractivity contribution in [1.82, 2.24) is 9.97 Å². The van der Waals surface area contributed by atoms with Gasteiger partial charge in [0.1, 0.15) is 17.2 Å². The molecule has 0 saturated carbocycles. The summed E-state index contributed by atoms with van der Waals surface area (Å²) in [5.74, 6) is -0.252. The second-order valence-electron chi connectivity index (χ2n) is 9.61. The predicted octanol–water partition coefficient (Wildman–Crippen LogP) is 5.93. The molecular weight excluding hydrogens is 484 g/mol. The standard InChI is InChI=1S/C27H27F2N3O5/c1-27(2,3)37-26(35)32(18-11-7-16(8-12-18)15-22(33)34)24-20-5-4-6-21(20)30-23(31-24)17-9-13-19(14-10-17)36-25(28)29/h7-14,25H,4-6,15H2,1-3H3,(H,33,34). The van der Waals surface area contributed by atoms with E-state index in [0.29, 0.717) is 41.3 Å². The summed E-state index contributed by atoms with van der Waals surface area (Å²) >= 11 is 0. The van der Waals surface area contributed by atoms with Gasteiger partial charge in [0.15, 0.2) is 5.82 Å². The molecule has 0 bridgehead atoms. The Kier molecular flexibility index (Phi) is 7.37. The average Bonchev–Trinajstić information content (AvgIpc) is 3.28. The number of halogens is 2. The number of aromatic nitrogens is 2. The number of fused-ring (bicyclic) bond motifs is 1. The molecule has 37 heavy (non-hydrogen) atoms. The van der Waals surface area contributed by atoms with Crippen LogP contribution in [0, 0.1) is 0 Å². The molecule has 0 radical (unpaired) electrons. The summed E-state index contributed by atoms with van der Waals surface area (Å²) < 4.78 is 35.2. The predicted molar refractivity (Wildman–Crippen MR) is 132 cm³/mol. The number of rotatable bonds is 7. The quantitative estimate of drug-likeness (QED) is 0.419. The zero-order valence-electron chi connectivity index (χ0n) is 20.7. The lowest BCUT2D eigenvalue weighted by molar-refractivity contribution is -0.136. The van der Waals surface area contributed by atoms with Gasteiger partial charge in [-0.05, 0) is 82.0 Å². The Morgan fingerprint density at radius 1 is 1.03 bits per heavy atom. The van der Waals surface area contributed by atoms with Gasteiger partial charge in [0.25, 0.3) is 0 Å². The molecule has 0 aliphatic heterocycles. The molecule has 10 heteroatoms. The zero-order valence-corrected chi connectivity index (χ0v) is 20.7. The SMILES string of the molecule is CC(C)(C)OC(=O)N(c1ccc(CC(=O)O)cc1)c1nc(-c2ccc(OC(F)F)cc2)nc2c1CCC2. The third-order valence-electron chi connectivity index (χ3n) is 5.59. The summed E-state index contributed by atoms with van der Waals surface area (Å²) in [6, 6.07) is 12.6. The van der Waals surface area contributed by atoms with Gasteiger partial charge in [-0.3, -0.25) is 4.79 Å². The van der Waals surface area contributed by atoms with E-state index in [4.69, 9.17) is 14.8 Å². The van der Waals surface area contributed by atoms with Crippen LogP contribution in [0.2, 0.25) is 0 Å². The van der Waals surface area contributed by atoms with Crippen LogP contribution in [0.15, 0.2) is 48.5 Å². The Morgan fingerprint density at radius 3 is 2.30 bits per heavy atom. The first-order valence-electron chi connectivity index (χ1n) is 11.8. The number of nitrogens with zero attached hydrogens (tertiary/aromatic N) is 3. The van der Waals surface area contributed by atoms with Crippen LogP contribution in [0.5, 0.6) is 5.75 Å². The van der Waals surface area contributed by atoms with Crippen LogP contribution in [0.25, 0.3) is 11.4 Å². The molecule has 0 unspecified atom stereocenters. The van der Waals surface area contributed by atoms with E-state index in [9.17, 15) is 18.4 Å². The fraction of sp³-hybridized carbons (Fsp3) is 0.333. The molecule has 0 atom stereocenters. The number of hydrogen-bond acceptors (Lipinski definition) is 6. The van der Waals surface area contributed by atoms with Crippen molar-refractivity contribution in [3.63, 3.8) is 0 Å². The Labute approximate surface area is 212 Å². The van der Waals surface area contributed by atoms with Gasteiger partial charge in [-0.2, -0.15) is 8.78 Å². The van der Waals surface area contributed by atoms with E-state index in [1.54, 1.807) is 57.2 Å². The van der Waals surface area contributed by atoms with E-state index in [1.807, 2.05) is 0 Å². The van der Waals surface area contributed by atoms with E-state index >= 15 is 0 Å². The molecule has 1 aliphatic carbocycles. The highest BCUT2D eigenvalue weighted by molar-refractivity contribution is 5.96. The molecular formula is C27H27F2N3O5. The molecule has 1 N–H and O–H groups in total. The number of anilines is 2. The molecule has 0 spiro atoms. The first-order chi connectivity index (χ1) is 17.5. The number of carboxylic acid groups (broad SMARTS) is 1. The van der Waals surface area contributed by atoms with E-state index in [0.717, 1.165) is 17.7 Å². The van der Waals surface area contributed by atoms with Crippen molar-refractivity contribution in [2.75, 3.05) is 4.90 Å². The molecule has 0 saturated heterocycles. The minimum absolute atomic E-state index is 0.0111. The Morgan fingerprint density at radius 2 is 1.70 bits per heavy atom. The van der Waals surface area contributed by atoms with Gasteiger partial charge in [0.05, 0.1) is 12.1 Å². The summed E-state index contributed by atoms with van der Waals surface area (Å²) in [6.07, 6.45) is 1.41. The van der Waals surface area contributed by atoms with E-state index < -0.39 is 24.3 Å². The molecule has 194 valence electrons. The number of carbonyl (C=O) groups excluding carboxylic acids is 1. The number of carboxylic acids is 1. The van der Waals surface area contributed by atoms with Crippen LogP contribution in [0.3, 0.4) is 0 Å². The monoisotopic (exact) mass is 511 g/mol. The minimum Gasteiger partial charge on any atom is -0.481 e. The fourth-order valence-corrected chi connectivity index (χ4v) is 4.07. The molecule has 8 nitrogen and oxygen atoms in total. The number of carbonyl (C=O) groups is 2. The van der Waals surface area contributed by atoms with Crippen LogP contribution >= 0.6 is 0 Å². The number of ether oxygens (including phenoxy) is 2. The summed E-state index contributed by atoms with van der Waals surface area (Å²) in [5.41, 5.74) is 2.45. The van der Waals surface area contributed by atoms with Gasteiger partial charge in [0.2, 0.25) is 0 Å². The summed E-state index contributed by atoms with van der Waals surface area (Å²) in [5, 5.41) is 9.10. The number of hydrogen-bond donors (Lipinski definition) is 1. The van der Waals surface area contributed by atoms with Crippen molar-refractivity contribution in [1.29, 1.82) is 0 Å². The molecule has 1 aromatic heterocycles. The number of aryl methyl sites for hydroxylation is 1. The third-order valence-corrected chi connectivity index (χ3v) is 5.59. The highest BCUT2D eigenvalue weighted by atomic mass is 19.3. The van der Waals surface area contributed by atoms with Crippen LogP contribution < -0.4 is 9.64 Å². The topological polar surface area (TPSA) is 102 Å². The molecule has 1 heterocycles. The first-order valence-corrected chi connectivity index (χ1v) is 11.8.